The Hall–Kier alpha value is -3.99. The molecule has 0 bridgehead atoms. The van der Waals surface area contributed by atoms with Gasteiger partial charge in [-0.2, -0.15) is 0 Å². The van der Waals surface area contributed by atoms with Crippen LogP contribution >= 0.6 is 0 Å². The predicted molar refractivity (Wildman–Crippen MR) is 155 cm³/mol. The Bertz CT molecular complexity index is 1410. The van der Waals surface area contributed by atoms with E-state index in [4.69, 9.17) is 9.98 Å². The van der Waals surface area contributed by atoms with Crippen LogP contribution in [0.25, 0.3) is 28.1 Å². The molecule has 0 radical (unpaired) electrons. The van der Waals surface area contributed by atoms with Crippen molar-refractivity contribution < 1.29 is 0 Å². The van der Waals surface area contributed by atoms with Crippen molar-refractivity contribution in [1.29, 1.82) is 0 Å². The summed E-state index contributed by atoms with van der Waals surface area (Å²) in [5.41, 5.74) is 8.13. The Morgan fingerprint density at radius 3 is 2.50 bits per heavy atom. The van der Waals surface area contributed by atoms with E-state index in [0.717, 1.165) is 63.3 Å². The minimum atomic E-state index is 0.405. The first-order valence-electron chi connectivity index (χ1n) is 12.6. The lowest BCUT2D eigenvalue weighted by Gasteiger charge is -2.21. The molecule has 0 saturated heterocycles. The molecule has 2 aromatic rings. The Morgan fingerprint density at radius 2 is 1.83 bits per heavy atom. The monoisotopic (exact) mass is 479 g/mol. The largest absolute Gasteiger partial charge is 0.352 e. The SMILES string of the molecule is C/C=C\C(=C/C)n1c2cc(=NC3CC3)c(Nc3cncc(C)c3)cc-2nc2ccccc21.C=C.CC. The highest BCUT2D eigenvalue weighted by atomic mass is 15.0. The van der Waals surface area contributed by atoms with Gasteiger partial charge in [-0.1, -0.05) is 38.1 Å². The number of hydrogen-bond donors (Lipinski definition) is 1. The van der Waals surface area contributed by atoms with E-state index < -0.39 is 0 Å². The Morgan fingerprint density at radius 1 is 1.08 bits per heavy atom. The minimum absolute atomic E-state index is 0.405. The molecule has 1 aliphatic heterocycles. The van der Waals surface area contributed by atoms with E-state index in [1.807, 2.05) is 46.2 Å². The summed E-state index contributed by atoms with van der Waals surface area (Å²) >= 11 is 0. The fourth-order valence-electron chi connectivity index (χ4n) is 3.98. The molecule has 1 aromatic heterocycles. The third-order valence-corrected chi connectivity index (χ3v) is 5.61. The van der Waals surface area contributed by atoms with Gasteiger partial charge in [0, 0.05) is 11.9 Å². The van der Waals surface area contributed by atoms with Gasteiger partial charge >= 0.3 is 0 Å². The molecule has 5 heteroatoms. The van der Waals surface area contributed by atoms with Gasteiger partial charge in [-0.05, 0) is 75.6 Å². The van der Waals surface area contributed by atoms with Gasteiger partial charge in [0.15, 0.2) is 0 Å². The normalized spacial score (nSPS) is 13.8. The van der Waals surface area contributed by atoms with Gasteiger partial charge in [0.1, 0.15) is 0 Å². The second kappa shape index (κ2) is 12.6. The summed E-state index contributed by atoms with van der Waals surface area (Å²) in [6.45, 7) is 16.2. The molecule has 0 atom stereocenters. The summed E-state index contributed by atoms with van der Waals surface area (Å²) < 4.78 is 2.28. The smallest absolute Gasteiger partial charge is 0.0900 e. The number of benzene rings is 2. The summed E-state index contributed by atoms with van der Waals surface area (Å²) in [6, 6.07) is 15.1. The van der Waals surface area contributed by atoms with E-state index >= 15 is 0 Å². The number of aryl methyl sites for hydroxylation is 1. The maximum absolute atomic E-state index is 5.03. The third kappa shape index (κ3) is 5.98. The van der Waals surface area contributed by atoms with Gasteiger partial charge in [-0.25, -0.2) is 4.98 Å². The second-order valence-corrected chi connectivity index (χ2v) is 8.24. The quantitative estimate of drug-likeness (QED) is 0.180. The zero-order valence-electron chi connectivity index (χ0n) is 22.1. The molecule has 3 aliphatic rings. The highest BCUT2D eigenvalue weighted by Crippen LogP contribution is 2.31. The number of aromatic nitrogens is 3. The van der Waals surface area contributed by atoms with Crippen molar-refractivity contribution in [2.45, 2.75) is 53.5 Å². The molecule has 0 unspecified atom stereocenters. The molecule has 5 nitrogen and oxygen atoms in total. The number of anilines is 2. The Labute approximate surface area is 215 Å². The first-order valence-corrected chi connectivity index (χ1v) is 12.6. The van der Waals surface area contributed by atoms with Crippen molar-refractivity contribution >= 4 is 28.1 Å². The first-order chi connectivity index (χ1) is 17.7. The third-order valence-electron chi connectivity index (χ3n) is 5.61. The number of fused-ring (bicyclic) bond motifs is 2. The van der Waals surface area contributed by atoms with Crippen molar-refractivity contribution in [2.24, 2.45) is 4.99 Å². The fraction of sp³-hybridized carbons (Fsp3) is 0.258. The lowest BCUT2D eigenvalue weighted by Crippen LogP contribution is -2.16. The van der Waals surface area contributed by atoms with Gasteiger partial charge < -0.3 is 9.88 Å². The van der Waals surface area contributed by atoms with Gasteiger partial charge in [0.25, 0.3) is 0 Å². The van der Waals surface area contributed by atoms with Crippen LogP contribution in [0.1, 0.15) is 46.1 Å². The molecular formula is C31H37N5. The summed E-state index contributed by atoms with van der Waals surface area (Å²) in [4.78, 5) is 14.4. The van der Waals surface area contributed by atoms with E-state index in [9.17, 15) is 0 Å². The van der Waals surface area contributed by atoms with Crippen LogP contribution in [0.15, 0.2) is 91.2 Å². The number of hydrogen-bond acceptors (Lipinski definition) is 4. The Kier molecular flexibility index (Phi) is 9.34. The maximum atomic E-state index is 5.03. The molecule has 36 heavy (non-hydrogen) atoms. The van der Waals surface area contributed by atoms with Crippen LogP contribution in [-0.2, 0) is 0 Å². The average molecular weight is 480 g/mol. The fourth-order valence-corrected chi connectivity index (χ4v) is 3.98. The van der Waals surface area contributed by atoms with Gasteiger partial charge in [0.2, 0.25) is 0 Å². The molecule has 186 valence electrons. The summed E-state index contributed by atoms with van der Waals surface area (Å²) in [5.74, 6) is 0. The van der Waals surface area contributed by atoms with E-state index in [1.165, 1.54) is 0 Å². The van der Waals surface area contributed by atoms with Crippen LogP contribution in [0.5, 0.6) is 0 Å². The highest BCUT2D eigenvalue weighted by Gasteiger charge is 2.22. The summed E-state index contributed by atoms with van der Waals surface area (Å²) in [7, 11) is 0. The number of para-hydroxylation sites is 2. The molecule has 5 rings (SSSR count). The molecule has 0 amide bonds. The maximum Gasteiger partial charge on any atom is 0.0900 e. The highest BCUT2D eigenvalue weighted by molar-refractivity contribution is 5.87. The lowest BCUT2D eigenvalue weighted by molar-refractivity contribution is 0.999. The van der Waals surface area contributed by atoms with Gasteiger partial charge in [-0.15, -0.1) is 13.2 Å². The van der Waals surface area contributed by atoms with Crippen LogP contribution in [0.3, 0.4) is 0 Å². The zero-order chi connectivity index (χ0) is 26.1. The van der Waals surface area contributed by atoms with E-state index in [0.29, 0.717) is 6.04 Å². The molecule has 1 saturated carbocycles. The average Bonchev–Trinajstić information content (AvgIpc) is 3.73. The standard InChI is InChI=1S/C27H27N5.C2H6.C2H4/c1-4-8-21(5-2)32-26-10-7-6-9-22(26)31-25-14-23(30-20-13-18(3)16-28-17-20)24(15-27(25)32)29-19-11-12-19;2*1-2/h4-10,13-17,19,30H,11-12H2,1-3H3;1-2H3;1-2H2/b8-4-,21-5+,29-24?;;. The zero-order valence-corrected chi connectivity index (χ0v) is 22.1. The lowest BCUT2D eigenvalue weighted by atomic mass is 10.1. The number of pyridine rings is 1. The van der Waals surface area contributed by atoms with Crippen molar-refractivity contribution in [3.8, 4) is 11.4 Å². The van der Waals surface area contributed by atoms with Crippen LogP contribution in [0, 0.1) is 6.92 Å². The number of nitrogens with one attached hydrogen (secondary N) is 1. The predicted octanol–water partition coefficient (Wildman–Crippen LogP) is 7.92. The van der Waals surface area contributed by atoms with Gasteiger partial charge in [-0.3, -0.25) is 9.98 Å². The minimum Gasteiger partial charge on any atom is -0.352 e. The molecule has 1 N–H and O–H groups in total. The van der Waals surface area contributed by atoms with E-state index in [2.05, 4.69) is 89.6 Å². The molecule has 1 aromatic carbocycles. The van der Waals surface area contributed by atoms with E-state index in [-0.39, 0.29) is 0 Å². The van der Waals surface area contributed by atoms with Crippen molar-refractivity contribution in [1.82, 2.24) is 14.5 Å². The van der Waals surface area contributed by atoms with Crippen LogP contribution in [0.4, 0.5) is 11.4 Å². The van der Waals surface area contributed by atoms with Crippen molar-refractivity contribution in [3.63, 3.8) is 0 Å². The Balaban J connectivity index is 0.000000861. The summed E-state index contributed by atoms with van der Waals surface area (Å²) in [5, 5.41) is 4.50. The first kappa shape index (κ1) is 26.6. The molecular weight excluding hydrogens is 442 g/mol. The van der Waals surface area contributed by atoms with Crippen LogP contribution in [0.2, 0.25) is 0 Å². The van der Waals surface area contributed by atoms with Crippen molar-refractivity contribution in [3.05, 3.63) is 97.2 Å². The number of nitrogens with zero attached hydrogens (tertiary/aromatic N) is 4. The van der Waals surface area contributed by atoms with Gasteiger partial charge in [0.05, 0.1) is 51.4 Å². The topological polar surface area (TPSA) is 55.1 Å². The molecule has 2 aliphatic carbocycles. The second-order valence-electron chi connectivity index (χ2n) is 8.24. The van der Waals surface area contributed by atoms with Crippen molar-refractivity contribution in [2.75, 3.05) is 5.32 Å². The molecule has 1 fully saturated rings. The van der Waals surface area contributed by atoms with Crippen LogP contribution in [-0.4, -0.2) is 20.6 Å². The molecule has 2 heterocycles. The summed E-state index contributed by atoms with van der Waals surface area (Å²) in [6.07, 6.45) is 12.3. The van der Waals surface area contributed by atoms with E-state index in [1.54, 1.807) is 0 Å². The molecule has 0 spiro atoms. The number of rotatable bonds is 5. The van der Waals surface area contributed by atoms with Crippen LogP contribution < -0.4 is 10.7 Å². The number of allylic oxidation sites excluding steroid dienone is 4.